The molecule has 22 heavy (non-hydrogen) atoms. The number of aromatic nitrogens is 1. The summed E-state index contributed by atoms with van der Waals surface area (Å²) in [5.74, 6) is -0.309. The lowest BCUT2D eigenvalue weighted by molar-refractivity contribution is 0.0919. The van der Waals surface area contributed by atoms with Crippen molar-refractivity contribution in [3.8, 4) is 0 Å². The Kier molecular flexibility index (Phi) is 5.65. The maximum absolute atomic E-state index is 12.2. The Balaban J connectivity index is 1.96. The number of hydrogen-bond acceptors (Lipinski definition) is 4. The molecule has 6 nitrogen and oxygen atoms in total. The standard InChI is InChI=1S/C13H17Cl2N3O3S/c1-2-22(20,21)18-7-5-9(6-8-18)16-13(19)12-10(14)3-4-11(15)17-12/h3-4,9H,2,5-8H2,1H3,(H,16,19). The highest BCUT2D eigenvalue weighted by Crippen LogP contribution is 2.19. The second kappa shape index (κ2) is 7.12. The van der Waals surface area contributed by atoms with Gasteiger partial charge in [-0.15, -0.1) is 0 Å². The van der Waals surface area contributed by atoms with E-state index < -0.39 is 15.9 Å². The molecular formula is C13H17Cl2N3O3S. The smallest absolute Gasteiger partial charge is 0.271 e. The van der Waals surface area contributed by atoms with Crippen LogP contribution in [0.25, 0.3) is 0 Å². The Morgan fingerprint density at radius 2 is 2.00 bits per heavy atom. The molecular weight excluding hydrogens is 349 g/mol. The molecule has 1 fully saturated rings. The number of carbonyl (C=O) groups excluding carboxylic acids is 1. The highest BCUT2D eigenvalue weighted by molar-refractivity contribution is 7.89. The van der Waals surface area contributed by atoms with Gasteiger partial charge in [0.05, 0.1) is 10.8 Å². The number of rotatable bonds is 4. The molecule has 0 bridgehead atoms. The summed E-state index contributed by atoms with van der Waals surface area (Å²) in [6.07, 6.45) is 1.12. The Labute approximate surface area is 139 Å². The monoisotopic (exact) mass is 365 g/mol. The number of pyridine rings is 1. The molecule has 1 aliphatic heterocycles. The van der Waals surface area contributed by atoms with Crippen LogP contribution in [0, 0.1) is 0 Å². The van der Waals surface area contributed by atoms with Crippen LogP contribution >= 0.6 is 23.2 Å². The molecule has 1 amide bonds. The molecule has 0 unspecified atom stereocenters. The van der Waals surface area contributed by atoms with Gasteiger partial charge in [0.25, 0.3) is 5.91 Å². The summed E-state index contributed by atoms with van der Waals surface area (Å²) < 4.78 is 25.0. The SMILES string of the molecule is CCS(=O)(=O)N1CCC(NC(=O)c2nc(Cl)ccc2Cl)CC1. The first kappa shape index (κ1) is 17.5. The Hall–Kier alpha value is -0.890. The third kappa shape index (κ3) is 4.10. The van der Waals surface area contributed by atoms with Gasteiger partial charge in [-0.2, -0.15) is 0 Å². The van der Waals surface area contributed by atoms with Crippen LogP contribution < -0.4 is 5.32 Å². The zero-order chi connectivity index (χ0) is 16.3. The van der Waals surface area contributed by atoms with Crippen LogP contribution in [0.2, 0.25) is 10.2 Å². The molecule has 1 saturated heterocycles. The lowest BCUT2D eigenvalue weighted by atomic mass is 10.1. The van der Waals surface area contributed by atoms with Crippen LogP contribution in [0.1, 0.15) is 30.3 Å². The van der Waals surface area contributed by atoms with Crippen LogP contribution in [-0.4, -0.2) is 48.5 Å². The molecule has 1 aliphatic rings. The molecule has 0 atom stereocenters. The van der Waals surface area contributed by atoms with Crippen molar-refractivity contribution in [2.24, 2.45) is 0 Å². The highest BCUT2D eigenvalue weighted by atomic mass is 35.5. The fraction of sp³-hybridized carbons (Fsp3) is 0.538. The first-order valence-electron chi connectivity index (χ1n) is 6.94. The summed E-state index contributed by atoms with van der Waals surface area (Å²) in [5.41, 5.74) is 0.0813. The van der Waals surface area contributed by atoms with Crippen molar-refractivity contribution in [3.05, 3.63) is 28.0 Å². The quantitative estimate of drug-likeness (QED) is 0.826. The van der Waals surface area contributed by atoms with E-state index in [-0.39, 0.29) is 27.7 Å². The fourth-order valence-electron chi connectivity index (χ4n) is 2.29. The predicted molar refractivity (Wildman–Crippen MR) is 85.8 cm³/mol. The van der Waals surface area contributed by atoms with Crippen LogP contribution in [0.4, 0.5) is 0 Å². The van der Waals surface area contributed by atoms with E-state index in [2.05, 4.69) is 10.3 Å². The first-order valence-corrected chi connectivity index (χ1v) is 9.30. The van der Waals surface area contributed by atoms with E-state index in [1.807, 2.05) is 0 Å². The third-order valence-electron chi connectivity index (χ3n) is 3.57. The molecule has 9 heteroatoms. The van der Waals surface area contributed by atoms with Gasteiger partial charge < -0.3 is 5.32 Å². The molecule has 0 aromatic carbocycles. The van der Waals surface area contributed by atoms with E-state index in [9.17, 15) is 13.2 Å². The second-order valence-electron chi connectivity index (χ2n) is 5.01. The van der Waals surface area contributed by atoms with Gasteiger partial charge in [-0.25, -0.2) is 17.7 Å². The van der Waals surface area contributed by atoms with E-state index >= 15 is 0 Å². The molecule has 2 rings (SSSR count). The summed E-state index contributed by atoms with van der Waals surface area (Å²) >= 11 is 11.7. The normalized spacial score (nSPS) is 17.4. The molecule has 0 saturated carbocycles. The summed E-state index contributed by atoms with van der Waals surface area (Å²) in [4.78, 5) is 16.1. The first-order chi connectivity index (χ1) is 10.3. The molecule has 1 N–H and O–H groups in total. The summed E-state index contributed by atoms with van der Waals surface area (Å²) in [5, 5.41) is 3.25. The number of carbonyl (C=O) groups is 1. The van der Waals surface area contributed by atoms with Gasteiger partial charge in [0.2, 0.25) is 10.0 Å². The van der Waals surface area contributed by atoms with E-state index in [0.29, 0.717) is 25.9 Å². The zero-order valence-corrected chi connectivity index (χ0v) is 14.4. The van der Waals surface area contributed by atoms with Gasteiger partial charge in [0, 0.05) is 19.1 Å². The Morgan fingerprint density at radius 1 is 1.36 bits per heavy atom. The lowest BCUT2D eigenvalue weighted by Crippen LogP contribution is -2.47. The largest absolute Gasteiger partial charge is 0.348 e. The number of nitrogens with zero attached hydrogens (tertiary/aromatic N) is 2. The number of sulfonamides is 1. The average Bonchev–Trinajstić information content (AvgIpc) is 2.50. The van der Waals surface area contributed by atoms with E-state index in [1.165, 1.54) is 16.4 Å². The number of halogens is 2. The van der Waals surface area contributed by atoms with Crippen LogP contribution in [-0.2, 0) is 10.0 Å². The Bertz CT molecular complexity index is 658. The molecule has 1 aromatic rings. The minimum absolute atomic E-state index is 0.0813. The van der Waals surface area contributed by atoms with Crippen molar-refractivity contribution in [1.82, 2.24) is 14.6 Å². The van der Waals surface area contributed by atoms with E-state index in [0.717, 1.165) is 0 Å². The maximum Gasteiger partial charge on any atom is 0.271 e. The maximum atomic E-state index is 12.2. The molecule has 2 heterocycles. The van der Waals surface area contributed by atoms with Crippen molar-refractivity contribution in [3.63, 3.8) is 0 Å². The topological polar surface area (TPSA) is 79.4 Å². The summed E-state index contributed by atoms with van der Waals surface area (Å²) in [6.45, 7) is 2.42. The minimum Gasteiger partial charge on any atom is -0.348 e. The van der Waals surface area contributed by atoms with Gasteiger partial charge in [-0.1, -0.05) is 23.2 Å². The molecule has 122 valence electrons. The number of nitrogens with one attached hydrogen (secondary N) is 1. The molecule has 1 aromatic heterocycles. The van der Waals surface area contributed by atoms with Gasteiger partial charge >= 0.3 is 0 Å². The number of piperidine rings is 1. The van der Waals surface area contributed by atoms with Crippen LogP contribution in [0.3, 0.4) is 0 Å². The van der Waals surface area contributed by atoms with E-state index in [1.54, 1.807) is 6.92 Å². The fourth-order valence-corrected chi connectivity index (χ4v) is 3.76. The third-order valence-corrected chi connectivity index (χ3v) is 5.97. The molecule has 0 spiro atoms. The second-order valence-corrected chi connectivity index (χ2v) is 8.06. The van der Waals surface area contributed by atoms with Crippen molar-refractivity contribution in [1.29, 1.82) is 0 Å². The van der Waals surface area contributed by atoms with Gasteiger partial charge in [0.1, 0.15) is 10.8 Å². The van der Waals surface area contributed by atoms with Crippen molar-refractivity contribution < 1.29 is 13.2 Å². The average molecular weight is 366 g/mol. The summed E-state index contributed by atoms with van der Waals surface area (Å²) in [7, 11) is -3.17. The van der Waals surface area contributed by atoms with Crippen LogP contribution in [0.15, 0.2) is 12.1 Å². The minimum atomic E-state index is -3.17. The molecule has 0 radical (unpaired) electrons. The molecule has 0 aliphatic carbocycles. The van der Waals surface area contributed by atoms with Gasteiger partial charge in [0.15, 0.2) is 0 Å². The number of amides is 1. The van der Waals surface area contributed by atoms with Gasteiger partial charge in [-0.05, 0) is 31.9 Å². The van der Waals surface area contributed by atoms with Crippen molar-refractivity contribution >= 4 is 39.1 Å². The number of hydrogen-bond donors (Lipinski definition) is 1. The van der Waals surface area contributed by atoms with Crippen molar-refractivity contribution in [2.75, 3.05) is 18.8 Å². The summed E-state index contributed by atoms with van der Waals surface area (Å²) in [6, 6.07) is 2.92. The van der Waals surface area contributed by atoms with Crippen molar-refractivity contribution in [2.45, 2.75) is 25.8 Å². The highest BCUT2D eigenvalue weighted by Gasteiger charge is 2.28. The van der Waals surface area contributed by atoms with Crippen LogP contribution in [0.5, 0.6) is 0 Å². The van der Waals surface area contributed by atoms with E-state index in [4.69, 9.17) is 23.2 Å². The zero-order valence-electron chi connectivity index (χ0n) is 12.1. The predicted octanol–water partition coefficient (Wildman–Crippen LogP) is 1.93. The Morgan fingerprint density at radius 3 is 2.59 bits per heavy atom. The van der Waals surface area contributed by atoms with Gasteiger partial charge in [-0.3, -0.25) is 4.79 Å². The lowest BCUT2D eigenvalue weighted by Gasteiger charge is -2.31.